The Bertz CT molecular complexity index is 1490. The molecule has 1 fully saturated rings. The Balaban J connectivity index is 1.45. The predicted molar refractivity (Wildman–Crippen MR) is 144 cm³/mol. The molecule has 1 aromatic heterocycles. The van der Waals surface area contributed by atoms with Crippen molar-refractivity contribution in [2.24, 2.45) is 0 Å². The molecule has 2 aromatic carbocycles. The maximum absolute atomic E-state index is 13.3. The number of amides is 1. The lowest BCUT2D eigenvalue weighted by molar-refractivity contribution is 0.0694. The lowest BCUT2D eigenvalue weighted by atomic mass is 10.1. The molecule has 12 heteroatoms. The van der Waals surface area contributed by atoms with E-state index < -0.39 is 10.0 Å². The van der Waals surface area contributed by atoms with Gasteiger partial charge in [0.1, 0.15) is 15.8 Å². The molecule has 0 spiro atoms. The van der Waals surface area contributed by atoms with Gasteiger partial charge in [-0.05, 0) is 35.7 Å². The fourth-order valence-corrected chi connectivity index (χ4v) is 7.35. The van der Waals surface area contributed by atoms with Crippen LogP contribution in [0.2, 0.25) is 5.02 Å². The third-order valence-electron chi connectivity index (χ3n) is 6.23. The summed E-state index contributed by atoms with van der Waals surface area (Å²) in [5.41, 5.74) is 0.908. The maximum atomic E-state index is 13.3. The smallest absolute Gasteiger partial charge is 0.257 e. The minimum atomic E-state index is -3.70. The normalized spacial score (nSPS) is 14.4. The quantitative estimate of drug-likeness (QED) is 0.347. The SMILES string of the molecule is COc1cc(C(=N)N(C)CCC#N)ccc1C(=O)N1CCN(S(=O)(=O)c2cc3ccc(Cl)cc3s2)CC1. The van der Waals surface area contributed by atoms with Gasteiger partial charge in [-0.15, -0.1) is 11.3 Å². The van der Waals surface area contributed by atoms with E-state index >= 15 is 0 Å². The number of halogens is 1. The number of carbonyl (C=O) groups is 1. The monoisotopic (exact) mass is 559 g/mol. The highest BCUT2D eigenvalue weighted by Crippen LogP contribution is 2.33. The predicted octanol–water partition coefficient (Wildman–Crippen LogP) is 3.88. The molecule has 4 rings (SSSR count). The summed E-state index contributed by atoms with van der Waals surface area (Å²) in [4.78, 5) is 16.5. The molecule has 37 heavy (non-hydrogen) atoms. The number of benzene rings is 2. The summed E-state index contributed by atoms with van der Waals surface area (Å²) in [5, 5.41) is 18.5. The van der Waals surface area contributed by atoms with E-state index in [9.17, 15) is 13.2 Å². The minimum absolute atomic E-state index is 0.178. The second-order valence-electron chi connectivity index (χ2n) is 8.54. The van der Waals surface area contributed by atoms with Crippen molar-refractivity contribution in [3.05, 3.63) is 58.6 Å². The number of sulfonamides is 1. The van der Waals surface area contributed by atoms with Crippen LogP contribution >= 0.6 is 22.9 Å². The first-order valence-electron chi connectivity index (χ1n) is 11.5. The van der Waals surface area contributed by atoms with Gasteiger partial charge in [0.15, 0.2) is 0 Å². The molecule has 0 saturated carbocycles. The molecule has 2 heterocycles. The van der Waals surface area contributed by atoms with Gasteiger partial charge in [0.2, 0.25) is 0 Å². The average molecular weight is 560 g/mol. The Labute approximate surface area is 225 Å². The van der Waals surface area contributed by atoms with Crippen LogP contribution in [-0.2, 0) is 10.0 Å². The van der Waals surface area contributed by atoms with E-state index in [1.165, 1.54) is 22.8 Å². The van der Waals surface area contributed by atoms with Crippen molar-refractivity contribution in [1.29, 1.82) is 10.7 Å². The molecular formula is C25H26ClN5O4S2. The van der Waals surface area contributed by atoms with E-state index in [-0.39, 0.29) is 42.1 Å². The average Bonchev–Trinajstić information content (AvgIpc) is 3.34. The molecule has 0 unspecified atom stereocenters. The summed E-state index contributed by atoms with van der Waals surface area (Å²) >= 11 is 7.22. The number of amidine groups is 1. The second-order valence-corrected chi connectivity index (χ2v) is 12.2. The number of ether oxygens (including phenoxy) is 1. The van der Waals surface area contributed by atoms with E-state index in [4.69, 9.17) is 27.0 Å². The topological polar surface area (TPSA) is 118 Å². The summed E-state index contributed by atoms with van der Waals surface area (Å²) in [6.07, 6.45) is 0.297. The zero-order valence-electron chi connectivity index (χ0n) is 20.4. The fourth-order valence-electron chi connectivity index (χ4n) is 4.10. The van der Waals surface area contributed by atoms with Crippen molar-refractivity contribution < 1.29 is 17.9 Å². The molecule has 1 saturated heterocycles. The van der Waals surface area contributed by atoms with Gasteiger partial charge in [-0.25, -0.2) is 8.42 Å². The van der Waals surface area contributed by atoms with Gasteiger partial charge in [-0.1, -0.05) is 23.7 Å². The highest BCUT2D eigenvalue weighted by Gasteiger charge is 2.32. The molecule has 1 aliphatic heterocycles. The highest BCUT2D eigenvalue weighted by atomic mass is 35.5. The van der Waals surface area contributed by atoms with Gasteiger partial charge in [0.05, 0.1) is 25.2 Å². The Kier molecular flexibility index (Phi) is 8.04. The maximum Gasteiger partial charge on any atom is 0.257 e. The largest absolute Gasteiger partial charge is 0.496 e. The molecule has 194 valence electrons. The lowest BCUT2D eigenvalue weighted by Gasteiger charge is -2.34. The standard InChI is InChI=1S/C25H26ClN5O4S2/c1-29(9-3-8-27)24(28)18-5-7-20(21(14-18)35-2)25(32)30-10-12-31(13-11-30)37(33,34)23-15-17-4-6-19(26)16-22(17)36-23/h4-7,14-16,28H,3,9-13H2,1-2H3. The molecule has 1 aliphatic rings. The van der Waals surface area contributed by atoms with Crippen LogP contribution in [-0.4, -0.2) is 81.1 Å². The molecule has 0 radical (unpaired) electrons. The van der Waals surface area contributed by atoms with Crippen molar-refractivity contribution in [3.63, 3.8) is 0 Å². The fraction of sp³-hybridized carbons (Fsp3) is 0.320. The summed E-state index contributed by atoms with van der Waals surface area (Å²) in [7, 11) is -0.507. The highest BCUT2D eigenvalue weighted by molar-refractivity contribution is 7.91. The summed E-state index contributed by atoms with van der Waals surface area (Å²) in [6.45, 7) is 1.26. The Hall–Kier alpha value is -3.17. The third kappa shape index (κ3) is 5.57. The number of carbonyl (C=O) groups excluding carboxylic acids is 1. The first-order valence-corrected chi connectivity index (χ1v) is 14.1. The molecule has 1 amide bonds. The van der Waals surface area contributed by atoms with Gasteiger partial charge in [-0.3, -0.25) is 10.2 Å². The number of hydrogen-bond donors (Lipinski definition) is 1. The van der Waals surface area contributed by atoms with Gasteiger partial charge in [0, 0.05) is 55.1 Å². The van der Waals surface area contributed by atoms with E-state index in [1.807, 2.05) is 0 Å². The van der Waals surface area contributed by atoms with Crippen molar-refractivity contribution in [2.45, 2.75) is 10.6 Å². The Morgan fingerprint density at radius 3 is 2.59 bits per heavy atom. The molecule has 0 bridgehead atoms. The second kappa shape index (κ2) is 11.1. The molecule has 1 N–H and O–H groups in total. The Morgan fingerprint density at radius 2 is 1.92 bits per heavy atom. The Morgan fingerprint density at radius 1 is 1.19 bits per heavy atom. The van der Waals surface area contributed by atoms with Crippen LogP contribution in [0.25, 0.3) is 10.1 Å². The van der Waals surface area contributed by atoms with Crippen LogP contribution in [0.3, 0.4) is 0 Å². The van der Waals surface area contributed by atoms with Crippen LogP contribution in [0.15, 0.2) is 46.7 Å². The number of piperazine rings is 1. The van der Waals surface area contributed by atoms with Crippen LogP contribution < -0.4 is 4.74 Å². The van der Waals surface area contributed by atoms with Gasteiger partial charge in [0.25, 0.3) is 15.9 Å². The van der Waals surface area contributed by atoms with Gasteiger partial charge in [-0.2, -0.15) is 9.57 Å². The minimum Gasteiger partial charge on any atom is -0.496 e. The number of methoxy groups -OCH3 is 1. The van der Waals surface area contributed by atoms with Crippen LogP contribution in [0.5, 0.6) is 5.75 Å². The summed E-state index contributed by atoms with van der Waals surface area (Å²) in [5.74, 6) is 0.288. The lowest BCUT2D eigenvalue weighted by Crippen LogP contribution is -2.50. The van der Waals surface area contributed by atoms with E-state index in [0.717, 1.165) is 10.1 Å². The van der Waals surface area contributed by atoms with Gasteiger partial charge < -0.3 is 14.5 Å². The third-order valence-corrected chi connectivity index (χ3v) is 9.91. The molecule has 3 aromatic rings. The zero-order valence-corrected chi connectivity index (χ0v) is 22.8. The number of thiophene rings is 1. The van der Waals surface area contributed by atoms with Crippen molar-refractivity contribution in [2.75, 3.05) is 46.9 Å². The van der Waals surface area contributed by atoms with E-state index in [1.54, 1.807) is 59.3 Å². The summed E-state index contributed by atoms with van der Waals surface area (Å²) < 4.78 is 34.4. The molecule has 0 atom stereocenters. The summed E-state index contributed by atoms with van der Waals surface area (Å²) in [6, 6.07) is 13.9. The number of hydrogen-bond acceptors (Lipinski definition) is 7. The van der Waals surface area contributed by atoms with Crippen LogP contribution in [0, 0.1) is 16.7 Å². The van der Waals surface area contributed by atoms with Gasteiger partial charge >= 0.3 is 0 Å². The number of nitrogens with one attached hydrogen (secondary N) is 1. The number of rotatable bonds is 7. The molecular weight excluding hydrogens is 534 g/mol. The number of fused-ring (bicyclic) bond motifs is 1. The van der Waals surface area contributed by atoms with Crippen LogP contribution in [0.1, 0.15) is 22.3 Å². The number of nitriles is 1. The number of nitrogens with zero attached hydrogens (tertiary/aromatic N) is 4. The zero-order chi connectivity index (χ0) is 26.7. The molecule has 0 aliphatic carbocycles. The first-order chi connectivity index (χ1) is 17.6. The van der Waals surface area contributed by atoms with Crippen molar-refractivity contribution >= 4 is 54.8 Å². The van der Waals surface area contributed by atoms with Crippen molar-refractivity contribution in [3.8, 4) is 11.8 Å². The van der Waals surface area contributed by atoms with Crippen molar-refractivity contribution in [1.82, 2.24) is 14.1 Å². The van der Waals surface area contributed by atoms with E-state index in [0.29, 0.717) is 34.9 Å². The first kappa shape index (κ1) is 26.9. The van der Waals surface area contributed by atoms with E-state index in [2.05, 4.69) is 6.07 Å². The van der Waals surface area contributed by atoms with Crippen LogP contribution in [0.4, 0.5) is 0 Å². The molecule has 9 nitrogen and oxygen atoms in total.